The van der Waals surface area contributed by atoms with Crippen molar-refractivity contribution in [3.05, 3.63) is 51.8 Å². The highest BCUT2D eigenvalue weighted by Gasteiger charge is 2.12. The molecule has 29 heavy (non-hydrogen) atoms. The zero-order chi connectivity index (χ0) is 21.1. The lowest BCUT2D eigenvalue weighted by atomic mass is 10.2. The molecule has 1 amide bonds. The number of carbonyl (C=O) groups excluding carboxylic acids is 1. The van der Waals surface area contributed by atoms with Crippen molar-refractivity contribution in [3.63, 3.8) is 0 Å². The van der Waals surface area contributed by atoms with Crippen molar-refractivity contribution in [1.82, 2.24) is 15.6 Å². The number of halogens is 2. The molecule has 5 nitrogen and oxygen atoms in total. The number of carbonyl (C=O) groups is 1. The number of hydrogen-bond donors (Lipinski definition) is 2. The van der Waals surface area contributed by atoms with Crippen LogP contribution in [0.15, 0.2) is 35.2 Å². The minimum atomic E-state index is 0.00567. The normalized spacial score (nSPS) is 10.8. The van der Waals surface area contributed by atoms with Crippen LogP contribution in [0.1, 0.15) is 31.2 Å². The SMILES string of the molecule is CCCOc1ccc(CSc2c(Cl)cccc2Cl)nc1CCC(=O)NCCNC. The first-order valence-electron chi connectivity index (χ1n) is 9.64. The number of ether oxygens (including phenoxy) is 1. The fraction of sp³-hybridized carbons (Fsp3) is 0.429. The van der Waals surface area contributed by atoms with Gasteiger partial charge in [-0.3, -0.25) is 9.78 Å². The molecule has 2 aromatic rings. The Labute approximate surface area is 186 Å². The number of likely N-dealkylation sites (N-methyl/N-ethyl adjacent to an activating group) is 1. The highest BCUT2D eigenvalue weighted by atomic mass is 35.5. The molecule has 0 aliphatic carbocycles. The van der Waals surface area contributed by atoms with Crippen LogP contribution in [0, 0.1) is 0 Å². The molecule has 1 aromatic heterocycles. The molecule has 1 aromatic carbocycles. The van der Waals surface area contributed by atoms with Gasteiger partial charge in [-0.1, -0.05) is 36.2 Å². The number of pyridine rings is 1. The summed E-state index contributed by atoms with van der Waals surface area (Å²) in [6.07, 6.45) is 1.80. The molecule has 0 aliphatic heterocycles. The molecule has 1 heterocycles. The van der Waals surface area contributed by atoms with Gasteiger partial charge in [0, 0.05) is 36.6 Å². The van der Waals surface area contributed by atoms with Gasteiger partial charge < -0.3 is 15.4 Å². The van der Waals surface area contributed by atoms with Gasteiger partial charge in [0.25, 0.3) is 0 Å². The molecule has 0 atom stereocenters. The van der Waals surface area contributed by atoms with Gasteiger partial charge in [0.15, 0.2) is 0 Å². The Morgan fingerprint density at radius 2 is 1.93 bits per heavy atom. The molecule has 0 saturated heterocycles. The highest BCUT2D eigenvalue weighted by molar-refractivity contribution is 7.98. The van der Waals surface area contributed by atoms with Crippen molar-refractivity contribution in [2.75, 3.05) is 26.7 Å². The van der Waals surface area contributed by atoms with Gasteiger partial charge in [-0.2, -0.15) is 0 Å². The van der Waals surface area contributed by atoms with Gasteiger partial charge in [-0.25, -0.2) is 0 Å². The van der Waals surface area contributed by atoms with Crippen molar-refractivity contribution >= 4 is 40.9 Å². The lowest BCUT2D eigenvalue weighted by molar-refractivity contribution is -0.121. The number of aromatic nitrogens is 1. The van der Waals surface area contributed by atoms with Crippen LogP contribution in [0.4, 0.5) is 0 Å². The first-order valence-corrected chi connectivity index (χ1v) is 11.4. The van der Waals surface area contributed by atoms with Crippen LogP contribution in [0.2, 0.25) is 10.0 Å². The second-order valence-electron chi connectivity index (χ2n) is 6.39. The molecule has 0 aliphatic rings. The van der Waals surface area contributed by atoms with E-state index in [1.807, 2.05) is 37.4 Å². The number of hydrogen-bond acceptors (Lipinski definition) is 5. The third-order valence-electron chi connectivity index (χ3n) is 4.02. The molecule has 0 spiro atoms. The summed E-state index contributed by atoms with van der Waals surface area (Å²) in [6.45, 7) is 4.02. The average molecular weight is 456 g/mol. The fourth-order valence-corrected chi connectivity index (χ4v) is 4.14. The molecule has 8 heteroatoms. The molecule has 0 fully saturated rings. The fourth-order valence-electron chi connectivity index (χ4n) is 2.55. The topological polar surface area (TPSA) is 63.2 Å². The van der Waals surface area contributed by atoms with Crippen LogP contribution in [-0.2, 0) is 17.0 Å². The zero-order valence-corrected chi connectivity index (χ0v) is 19.1. The number of nitrogens with one attached hydrogen (secondary N) is 2. The molecule has 0 unspecified atom stereocenters. The van der Waals surface area contributed by atoms with Crippen molar-refractivity contribution in [2.45, 2.75) is 36.8 Å². The third kappa shape index (κ3) is 8.05. The highest BCUT2D eigenvalue weighted by Crippen LogP contribution is 2.35. The van der Waals surface area contributed by atoms with E-state index in [4.69, 9.17) is 32.9 Å². The Morgan fingerprint density at radius 1 is 1.17 bits per heavy atom. The maximum Gasteiger partial charge on any atom is 0.220 e. The molecule has 2 N–H and O–H groups in total. The molecule has 0 bridgehead atoms. The van der Waals surface area contributed by atoms with Crippen LogP contribution in [0.3, 0.4) is 0 Å². The number of benzene rings is 1. The minimum absolute atomic E-state index is 0.00567. The average Bonchev–Trinajstić information content (AvgIpc) is 2.71. The van der Waals surface area contributed by atoms with Gasteiger partial charge >= 0.3 is 0 Å². The van der Waals surface area contributed by atoms with Crippen LogP contribution >= 0.6 is 35.0 Å². The quantitative estimate of drug-likeness (QED) is 0.357. The lowest BCUT2D eigenvalue weighted by Gasteiger charge is -2.13. The second kappa shape index (κ2) is 13.0. The van der Waals surface area contributed by atoms with Crippen LogP contribution in [-0.4, -0.2) is 37.6 Å². The summed E-state index contributed by atoms with van der Waals surface area (Å²) in [5.41, 5.74) is 1.69. The summed E-state index contributed by atoms with van der Waals surface area (Å²) in [4.78, 5) is 17.6. The van der Waals surface area contributed by atoms with E-state index in [9.17, 15) is 4.79 Å². The van der Waals surface area contributed by atoms with Crippen molar-refractivity contribution in [1.29, 1.82) is 0 Å². The van der Waals surface area contributed by atoms with E-state index in [0.29, 0.717) is 41.8 Å². The molecule has 158 valence electrons. The van der Waals surface area contributed by atoms with Crippen molar-refractivity contribution in [2.24, 2.45) is 0 Å². The molecule has 0 saturated carbocycles. The van der Waals surface area contributed by atoms with Crippen LogP contribution in [0.5, 0.6) is 5.75 Å². The second-order valence-corrected chi connectivity index (χ2v) is 8.19. The summed E-state index contributed by atoms with van der Waals surface area (Å²) in [5, 5.41) is 7.15. The largest absolute Gasteiger partial charge is 0.492 e. The summed E-state index contributed by atoms with van der Waals surface area (Å²) in [6, 6.07) is 9.35. The van der Waals surface area contributed by atoms with Gasteiger partial charge in [0.1, 0.15) is 5.75 Å². The Hall–Kier alpha value is -1.47. The predicted octanol–water partition coefficient (Wildman–Crippen LogP) is 4.74. The third-order valence-corrected chi connectivity index (χ3v) is 6.04. The van der Waals surface area contributed by atoms with E-state index in [2.05, 4.69) is 17.6 Å². The number of aryl methyl sites for hydroxylation is 1. The molecular weight excluding hydrogens is 429 g/mol. The smallest absolute Gasteiger partial charge is 0.220 e. The van der Waals surface area contributed by atoms with E-state index in [1.165, 1.54) is 0 Å². The summed E-state index contributed by atoms with van der Waals surface area (Å²) in [7, 11) is 1.85. The van der Waals surface area contributed by atoms with Gasteiger partial charge in [-0.15, -0.1) is 11.8 Å². The van der Waals surface area contributed by atoms with E-state index < -0.39 is 0 Å². The molecular formula is C21H27Cl2N3O2S. The molecule has 0 radical (unpaired) electrons. The molecule has 2 rings (SSSR count). The van der Waals surface area contributed by atoms with E-state index in [-0.39, 0.29) is 5.91 Å². The van der Waals surface area contributed by atoms with E-state index >= 15 is 0 Å². The van der Waals surface area contributed by atoms with Crippen LogP contribution in [0.25, 0.3) is 0 Å². The van der Waals surface area contributed by atoms with Crippen molar-refractivity contribution in [3.8, 4) is 5.75 Å². The number of rotatable bonds is 12. The maximum absolute atomic E-state index is 12.0. The van der Waals surface area contributed by atoms with E-state index in [1.54, 1.807) is 11.8 Å². The lowest BCUT2D eigenvalue weighted by Crippen LogP contribution is -2.30. The monoisotopic (exact) mass is 455 g/mol. The summed E-state index contributed by atoms with van der Waals surface area (Å²) < 4.78 is 5.82. The minimum Gasteiger partial charge on any atom is -0.492 e. The summed E-state index contributed by atoms with van der Waals surface area (Å²) in [5.74, 6) is 1.37. The van der Waals surface area contributed by atoms with Crippen molar-refractivity contribution < 1.29 is 9.53 Å². The maximum atomic E-state index is 12.0. The summed E-state index contributed by atoms with van der Waals surface area (Å²) >= 11 is 14.0. The Morgan fingerprint density at radius 3 is 2.62 bits per heavy atom. The van der Waals surface area contributed by atoms with Crippen LogP contribution < -0.4 is 15.4 Å². The number of amides is 1. The van der Waals surface area contributed by atoms with Gasteiger partial charge in [-0.05, 0) is 37.7 Å². The first-order chi connectivity index (χ1) is 14.0. The zero-order valence-electron chi connectivity index (χ0n) is 16.8. The Kier molecular flexibility index (Phi) is 10.6. The number of thioether (sulfide) groups is 1. The Balaban J connectivity index is 2.05. The first kappa shape index (κ1) is 23.8. The standard InChI is InChI=1S/C21H27Cl2N3O2S/c1-3-13-28-19-9-7-15(14-29-21-16(22)5-4-6-17(21)23)26-18(19)8-10-20(27)25-12-11-24-2/h4-7,9,24H,3,8,10-14H2,1-2H3,(H,25,27). The van der Waals surface area contributed by atoms with E-state index in [0.717, 1.165) is 35.0 Å². The number of nitrogens with zero attached hydrogens (tertiary/aromatic N) is 1. The Bertz CT molecular complexity index is 785. The predicted molar refractivity (Wildman–Crippen MR) is 121 cm³/mol. The van der Waals surface area contributed by atoms with Gasteiger partial charge in [0.05, 0.1) is 28.0 Å². The van der Waals surface area contributed by atoms with Gasteiger partial charge in [0.2, 0.25) is 5.91 Å².